The third kappa shape index (κ3) is 3.60. The molecule has 1 aliphatic heterocycles. The molecule has 1 N–H and O–H groups in total. The van der Waals surface area contributed by atoms with Crippen LogP contribution in [0.4, 0.5) is 23.7 Å². The number of carboxylic acids is 1. The zero-order valence-electron chi connectivity index (χ0n) is 13.5. The van der Waals surface area contributed by atoms with Crippen LogP contribution in [0.5, 0.6) is 0 Å². The van der Waals surface area contributed by atoms with Crippen LogP contribution in [0.25, 0.3) is 0 Å². The maximum Gasteiger partial charge on any atom is 0.433 e. The van der Waals surface area contributed by atoms with Crippen LogP contribution < -0.4 is 4.90 Å². The van der Waals surface area contributed by atoms with E-state index in [1.165, 1.54) is 9.80 Å². The molecule has 1 atom stereocenters. The van der Waals surface area contributed by atoms with E-state index < -0.39 is 30.4 Å². The number of rotatable bonds is 3. The highest BCUT2D eigenvalue weighted by atomic mass is 19.4. The van der Waals surface area contributed by atoms with Gasteiger partial charge in [-0.2, -0.15) is 13.2 Å². The van der Waals surface area contributed by atoms with E-state index >= 15 is 0 Å². The van der Waals surface area contributed by atoms with Crippen molar-refractivity contribution in [2.24, 2.45) is 5.41 Å². The van der Waals surface area contributed by atoms with Gasteiger partial charge in [0.15, 0.2) is 0 Å². The number of carbonyl (C=O) groups is 2. The van der Waals surface area contributed by atoms with Crippen molar-refractivity contribution >= 4 is 17.7 Å². The lowest BCUT2D eigenvalue weighted by Crippen LogP contribution is -2.45. The van der Waals surface area contributed by atoms with Gasteiger partial charge in [-0.15, -0.1) is 0 Å². The largest absolute Gasteiger partial charge is 0.480 e. The zero-order chi connectivity index (χ0) is 18.3. The number of hydrogen-bond acceptors (Lipinski definition) is 3. The quantitative estimate of drug-likeness (QED) is 0.914. The summed E-state index contributed by atoms with van der Waals surface area (Å²) in [6.45, 7) is 5.32. The molecule has 0 aromatic carbocycles. The molecular weight excluding hydrogens is 327 g/mol. The van der Waals surface area contributed by atoms with Crippen LogP contribution in [0, 0.1) is 5.41 Å². The molecule has 0 bridgehead atoms. The lowest BCUT2D eigenvalue weighted by Gasteiger charge is -2.32. The summed E-state index contributed by atoms with van der Waals surface area (Å²) in [6, 6.07) is 1.02. The fourth-order valence-electron chi connectivity index (χ4n) is 2.63. The van der Waals surface area contributed by atoms with Gasteiger partial charge >= 0.3 is 18.2 Å². The highest BCUT2D eigenvalue weighted by Gasteiger charge is 2.44. The molecule has 1 fully saturated rings. The van der Waals surface area contributed by atoms with Crippen molar-refractivity contribution in [1.29, 1.82) is 0 Å². The minimum absolute atomic E-state index is 0.183. The van der Waals surface area contributed by atoms with E-state index in [1.54, 1.807) is 0 Å². The van der Waals surface area contributed by atoms with Crippen LogP contribution in [-0.2, 0) is 11.0 Å². The smallest absolute Gasteiger partial charge is 0.433 e. The van der Waals surface area contributed by atoms with Crippen molar-refractivity contribution in [2.75, 3.05) is 18.0 Å². The third-order valence-electron chi connectivity index (χ3n) is 3.86. The van der Waals surface area contributed by atoms with Crippen LogP contribution in [0.1, 0.15) is 26.5 Å². The minimum Gasteiger partial charge on any atom is -0.480 e. The van der Waals surface area contributed by atoms with Crippen molar-refractivity contribution in [2.45, 2.75) is 33.0 Å². The Morgan fingerprint density at radius 2 is 1.96 bits per heavy atom. The minimum atomic E-state index is -4.56. The second-order valence-corrected chi connectivity index (χ2v) is 6.70. The average Bonchev–Trinajstić information content (AvgIpc) is 2.75. The summed E-state index contributed by atoms with van der Waals surface area (Å²) in [4.78, 5) is 29.4. The summed E-state index contributed by atoms with van der Waals surface area (Å²) in [6.07, 6.45) is -3.58. The molecule has 24 heavy (non-hydrogen) atoms. The predicted molar refractivity (Wildman–Crippen MR) is 79.6 cm³/mol. The molecule has 2 rings (SSSR count). The normalized spacial score (nSPS) is 19.1. The van der Waals surface area contributed by atoms with E-state index in [0.717, 1.165) is 18.3 Å². The van der Waals surface area contributed by atoms with Crippen molar-refractivity contribution in [3.05, 3.63) is 24.0 Å². The Balaban J connectivity index is 2.31. The van der Waals surface area contributed by atoms with E-state index in [1.807, 2.05) is 20.8 Å². The third-order valence-corrected chi connectivity index (χ3v) is 3.86. The van der Waals surface area contributed by atoms with Gasteiger partial charge in [0.2, 0.25) is 0 Å². The van der Waals surface area contributed by atoms with E-state index in [9.17, 15) is 22.8 Å². The number of urea groups is 1. The zero-order valence-corrected chi connectivity index (χ0v) is 13.5. The molecule has 0 spiro atoms. The number of nitrogens with zero attached hydrogens (tertiary/aromatic N) is 3. The molecule has 0 saturated carbocycles. The van der Waals surface area contributed by atoms with Gasteiger partial charge in [-0.3, -0.25) is 9.69 Å². The van der Waals surface area contributed by atoms with Gasteiger partial charge in [0.1, 0.15) is 12.2 Å². The van der Waals surface area contributed by atoms with Crippen molar-refractivity contribution < 1.29 is 27.9 Å². The van der Waals surface area contributed by atoms with Crippen molar-refractivity contribution in [3.63, 3.8) is 0 Å². The standard InChI is InChI=1S/C15H18F3N3O3/c1-14(2,3)11-7-20(13(24)21(11)8-12(22)23)9-4-5-10(19-6-9)15(16,17)18/h4-6,11H,7-8H2,1-3H3,(H,22,23)/t11-/m1/s1. The Morgan fingerprint density at radius 1 is 1.33 bits per heavy atom. The number of halogens is 3. The summed E-state index contributed by atoms with van der Waals surface area (Å²) >= 11 is 0. The van der Waals surface area contributed by atoms with Gasteiger partial charge in [-0.1, -0.05) is 20.8 Å². The number of aliphatic carboxylic acids is 1. The number of amides is 2. The van der Waals surface area contributed by atoms with E-state index in [-0.39, 0.29) is 23.7 Å². The molecule has 6 nitrogen and oxygen atoms in total. The first-order valence-electron chi connectivity index (χ1n) is 7.24. The summed E-state index contributed by atoms with van der Waals surface area (Å²) in [5.41, 5.74) is -1.23. The Labute approximate surface area is 136 Å². The fourth-order valence-corrected chi connectivity index (χ4v) is 2.63. The van der Waals surface area contributed by atoms with E-state index in [0.29, 0.717) is 0 Å². The van der Waals surface area contributed by atoms with Gasteiger partial charge in [0.25, 0.3) is 0 Å². The first kappa shape index (κ1) is 18.0. The van der Waals surface area contributed by atoms with Crippen LogP contribution in [-0.4, -0.2) is 46.1 Å². The molecule has 1 saturated heterocycles. The summed E-state index contributed by atoms with van der Waals surface area (Å²) in [7, 11) is 0. The summed E-state index contributed by atoms with van der Waals surface area (Å²) in [5.74, 6) is -1.15. The lowest BCUT2D eigenvalue weighted by atomic mass is 9.86. The predicted octanol–water partition coefficient (Wildman–Crippen LogP) is 2.84. The molecule has 0 unspecified atom stereocenters. The van der Waals surface area contributed by atoms with Crippen LogP contribution in [0.15, 0.2) is 18.3 Å². The molecule has 0 aliphatic carbocycles. The van der Waals surface area contributed by atoms with Crippen LogP contribution in [0.2, 0.25) is 0 Å². The molecular formula is C15H18F3N3O3. The SMILES string of the molecule is CC(C)(C)[C@H]1CN(c2ccc(C(F)(F)F)nc2)C(=O)N1CC(=O)O. The number of anilines is 1. The van der Waals surface area contributed by atoms with Gasteiger partial charge < -0.3 is 10.0 Å². The van der Waals surface area contributed by atoms with Crippen molar-refractivity contribution in [1.82, 2.24) is 9.88 Å². The lowest BCUT2D eigenvalue weighted by molar-refractivity contribution is -0.141. The van der Waals surface area contributed by atoms with E-state index in [4.69, 9.17) is 5.11 Å². The van der Waals surface area contributed by atoms with Crippen molar-refractivity contribution in [3.8, 4) is 0 Å². The number of pyridine rings is 1. The second-order valence-electron chi connectivity index (χ2n) is 6.70. The Bertz CT molecular complexity index is 638. The highest BCUT2D eigenvalue weighted by molar-refractivity contribution is 5.96. The van der Waals surface area contributed by atoms with Gasteiger partial charge in [-0.25, -0.2) is 9.78 Å². The topological polar surface area (TPSA) is 73.7 Å². The van der Waals surface area contributed by atoms with Gasteiger partial charge in [0.05, 0.1) is 17.9 Å². The molecule has 1 aromatic heterocycles. The molecule has 132 valence electrons. The molecule has 1 aliphatic rings. The molecule has 0 radical (unpaired) electrons. The molecule has 2 amide bonds. The fraction of sp³-hybridized carbons (Fsp3) is 0.533. The van der Waals surface area contributed by atoms with E-state index in [2.05, 4.69) is 4.98 Å². The average molecular weight is 345 g/mol. The number of carboxylic acid groups (broad SMARTS) is 1. The number of hydrogen-bond donors (Lipinski definition) is 1. The number of alkyl halides is 3. The highest BCUT2D eigenvalue weighted by Crippen LogP contribution is 2.34. The number of carbonyl (C=O) groups excluding carboxylic acids is 1. The van der Waals surface area contributed by atoms with Gasteiger partial charge in [0, 0.05) is 6.54 Å². The Hall–Kier alpha value is -2.32. The van der Waals surface area contributed by atoms with Crippen LogP contribution in [0.3, 0.4) is 0 Å². The van der Waals surface area contributed by atoms with Crippen LogP contribution >= 0.6 is 0 Å². The second kappa shape index (κ2) is 5.95. The maximum absolute atomic E-state index is 12.6. The molecule has 2 heterocycles. The Kier molecular flexibility index (Phi) is 4.47. The first-order valence-corrected chi connectivity index (χ1v) is 7.24. The molecule has 1 aromatic rings. The first-order chi connectivity index (χ1) is 10.9. The number of aromatic nitrogens is 1. The maximum atomic E-state index is 12.6. The Morgan fingerprint density at radius 3 is 2.38 bits per heavy atom. The van der Waals surface area contributed by atoms with Gasteiger partial charge in [-0.05, 0) is 17.5 Å². The summed E-state index contributed by atoms with van der Waals surface area (Å²) in [5, 5.41) is 9.01. The molecule has 9 heteroatoms. The monoisotopic (exact) mass is 345 g/mol. The summed E-state index contributed by atoms with van der Waals surface area (Å²) < 4.78 is 37.7.